The number of carbonyl (C=O) groups excluding carboxylic acids is 1. The molecule has 1 N–H and O–H groups in total. The Hall–Kier alpha value is -1.43. The fraction of sp³-hybridized carbons (Fsp3) is 0.188. The second kappa shape index (κ2) is 6.36. The zero-order valence-electron chi connectivity index (χ0n) is 11.7. The second-order valence-electron chi connectivity index (χ2n) is 5.04. The van der Waals surface area contributed by atoms with Crippen LogP contribution in [0, 0.1) is 5.82 Å². The fourth-order valence-electron chi connectivity index (χ4n) is 2.26. The van der Waals surface area contributed by atoms with Gasteiger partial charge in [0.05, 0.1) is 5.02 Å². The number of fused-ring (bicyclic) bond motifs is 1. The molecule has 22 heavy (non-hydrogen) atoms. The van der Waals surface area contributed by atoms with E-state index in [1.54, 1.807) is 17.4 Å². The first-order chi connectivity index (χ1) is 10.5. The lowest BCUT2D eigenvalue weighted by molar-refractivity contribution is 0.0944. The third kappa shape index (κ3) is 3.16. The van der Waals surface area contributed by atoms with Crippen molar-refractivity contribution in [2.75, 3.05) is 0 Å². The molecule has 0 unspecified atom stereocenters. The summed E-state index contributed by atoms with van der Waals surface area (Å²) in [6, 6.07) is 8.40. The number of carbonyl (C=O) groups is 1. The lowest BCUT2D eigenvalue weighted by Gasteiger charge is -2.12. The number of thiophene rings is 2. The summed E-state index contributed by atoms with van der Waals surface area (Å²) < 4.78 is 13.9. The Bertz CT molecular complexity index is 813. The molecule has 0 saturated heterocycles. The number of hydrogen-bond acceptors (Lipinski definition) is 3. The van der Waals surface area contributed by atoms with Crippen LogP contribution in [0.1, 0.15) is 21.5 Å². The predicted molar refractivity (Wildman–Crippen MR) is 91.7 cm³/mol. The SMILES string of the molecule is C[C@@H](Cc1cccs1)NC(=O)c1sc2cc(F)ccc2c1Cl. The summed E-state index contributed by atoms with van der Waals surface area (Å²) in [4.78, 5) is 14.0. The standard InChI is InChI=1S/C16H13ClFNOS2/c1-9(7-11-3-2-6-21-11)19-16(20)15-14(17)12-5-4-10(18)8-13(12)22-15/h2-6,8-9H,7H2,1H3,(H,19,20)/t9-/m0/s1. The Balaban J connectivity index is 1.78. The van der Waals surface area contributed by atoms with Gasteiger partial charge in [0.15, 0.2) is 0 Å². The average Bonchev–Trinajstić information content (AvgIpc) is 3.07. The third-order valence-electron chi connectivity index (χ3n) is 3.26. The molecule has 1 aromatic carbocycles. The van der Waals surface area contributed by atoms with E-state index < -0.39 is 0 Å². The third-order valence-corrected chi connectivity index (χ3v) is 5.82. The second-order valence-corrected chi connectivity index (χ2v) is 7.51. The quantitative estimate of drug-likeness (QED) is 0.693. The number of amides is 1. The van der Waals surface area contributed by atoms with Crippen molar-refractivity contribution < 1.29 is 9.18 Å². The minimum Gasteiger partial charge on any atom is -0.348 e. The summed E-state index contributed by atoms with van der Waals surface area (Å²) in [5.74, 6) is -0.542. The van der Waals surface area contributed by atoms with Crippen LogP contribution in [0.3, 0.4) is 0 Å². The molecular weight excluding hydrogens is 341 g/mol. The van der Waals surface area contributed by atoms with Crippen molar-refractivity contribution in [3.8, 4) is 0 Å². The van der Waals surface area contributed by atoms with Crippen LogP contribution < -0.4 is 5.32 Å². The molecule has 0 saturated carbocycles. The molecule has 0 aliphatic rings. The van der Waals surface area contributed by atoms with Crippen LogP contribution in [-0.2, 0) is 6.42 Å². The van der Waals surface area contributed by atoms with Crippen LogP contribution >= 0.6 is 34.3 Å². The van der Waals surface area contributed by atoms with Gasteiger partial charge in [-0.15, -0.1) is 22.7 Å². The molecule has 3 aromatic rings. The molecule has 0 aliphatic carbocycles. The highest BCUT2D eigenvalue weighted by atomic mass is 35.5. The maximum absolute atomic E-state index is 13.3. The van der Waals surface area contributed by atoms with E-state index in [1.807, 2.05) is 24.4 Å². The van der Waals surface area contributed by atoms with Gasteiger partial charge in [-0.25, -0.2) is 4.39 Å². The molecule has 0 fully saturated rings. The van der Waals surface area contributed by atoms with Gasteiger partial charge in [-0.05, 0) is 36.6 Å². The largest absolute Gasteiger partial charge is 0.348 e. The van der Waals surface area contributed by atoms with Gasteiger partial charge in [-0.3, -0.25) is 4.79 Å². The van der Waals surface area contributed by atoms with Crippen molar-refractivity contribution in [2.45, 2.75) is 19.4 Å². The summed E-state index contributed by atoms with van der Waals surface area (Å²) in [6.45, 7) is 1.96. The van der Waals surface area contributed by atoms with Gasteiger partial charge < -0.3 is 5.32 Å². The molecule has 1 amide bonds. The van der Waals surface area contributed by atoms with Gasteiger partial charge in [0.2, 0.25) is 0 Å². The first kappa shape index (κ1) is 15.5. The normalized spacial score (nSPS) is 12.5. The molecule has 3 rings (SSSR count). The summed E-state index contributed by atoms with van der Waals surface area (Å²) in [6.07, 6.45) is 0.778. The number of hydrogen-bond donors (Lipinski definition) is 1. The van der Waals surface area contributed by atoms with E-state index in [9.17, 15) is 9.18 Å². The minimum absolute atomic E-state index is 0.00386. The maximum Gasteiger partial charge on any atom is 0.263 e. The van der Waals surface area contributed by atoms with Crippen molar-refractivity contribution in [3.05, 3.63) is 56.3 Å². The molecule has 0 radical (unpaired) electrons. The van der Waals surface area contributed by atoms with Gasteiger partial charge in [0.25, 0.3) is 5.91 Å². The van der Waals surface area contributed by atoms with E-state index in [0.717, 1.165) is 6.42 Å². The summed E-state index contributed by atoms with van der Waals surface area (Å²) >= 11 is 9.14. The maximum atomic E-state index is 13.3. The topological polar surface area (TPSA) is 29.1 Å². The van der Waals surface area contributed by atoms with Crippen LogP contribution in [-0.4, -0.2) is 11.9 Å². The van der Waals surface area contributed by atoms with E-state index in [1.165, 1.54) is 28.3 Å². The van der Waals surface area contributed by atoms with Crippen molar-refractivity contribution in [2.24, 2.45) is 0 Å². The van der Waals surface area contributed by atoms with Crippen LogP contribution in [0.5, 0.6) is 0 Å². The van der Waals surface area contributed by atoms with Crippen molar-refractivity contribution in [1.29, 1.82) is 0 Å². The van der Waals surface area contributed by atoms with Crippen molar-refractivity contribution in [3.63, 3.8) is 0 Å². The van der Waals surface area contributed by atoms with Gasteiger partial charge in [-0.2, -0.15) is 0 Å². The van der Waals surface area contributed by atoms with Gasteiger partial charge in [0.1, 0.15) is 10.7 Å². The van der Waals surface area contributed by atoms with E-state index in [2.05, 4.69) is 5.32 Å². The predicted octanol–water partition coefficient (Wildman–Crippen LogP) is 5.12. The highest BCUT2D eigenvalue weighted by Gasteiger charge is 2.19. The summed E-state index contributed by atoms with van der Waals surface area (Å²) in [7, 11) is 0. The molecular formula is C16H13ClFNOS2. The van der Waals surface area contributed by atoms with Crippen molar-refractivity contribution >= 4 is 50.3 Å². The Kier molecular flexibility index (Phi) is 4.47. The zero-order valence-corrected chi connectivity index (χ0v) is 14.1. The summed E-state index contributed by atoms with van der Waals surface area (Å²) in [5.41, 5.74) is 0. The molecule has 0 spiro atoms. The lowest BCUT2D eigenvalue weighted by atomic mass is 10.2. The highest BCUT2D eigenvalue weighted by Crippen LogP contribution is 2.35. The smallest absolute Gasteiger partial charge is 0.263 e. The van der Waals surface area contributed by atoms with Gasteiger partial charge >= 0.3 is 0 Å². The molecule has 6 heteroatoms. The Morgan fingerprint density at radius 2 is 2.23 bits per heavy atom. The van der Waals surface area contributed by atoms with E-state index in [4.69, 9.17) is 11.6 Å². The average molecular weight is 354 g/mol. The lowest BCUT2D eigenvalue weighted by Crippen LogP contribution is -2.33. The van der Waals surface area contributed by atoms with Gasteiger partial charge in [0, 0.05) is 27.4 Å². The molecule has 0 aliphatic heterocycles. The number of nitrogens with one attached hydrogen (secondary N) is 1. The monoisotopic (exact) mass is 353 g/mol. The van der Waals surface area contributed by atoms with E-state index in [-0.39, 0.29) is 17.8 Å². The molecule has 2 aromatic heterocycles. The van der Waals surface area contributed by atoms with Crippen LogP contribution in [0.2, 0.25) is 5.02 Å². The Morgan fingerprint density at radius 3 is 2.95 bits per heavy atom. The molecule has 0 bridgehead atoms. The van der Waals surface area contributed by atoms with Crippen LogP contribution in [0.25, 0.3) is 10.1 Å². The first-order valence-electron chi connectivity index (χ1n) is 6.75. The Morgan fingerprint density at radius 1 is 1.41 bits per heavy atom. The molecule has 2 heterocycles. The number of rotatable bonds is 4. The molecule has 1 atom stereocenters. The molecule has 114 valence electrons. The van der Waals surface area contributed by atoms with Crippen molar-refractivity contribution in [1.82, 2.24) is 5.32 Å². The van der Waals surface area contributed by atoms with E-state index >= 15 is 0 Å². The minimum atomic E-state index is -0.330. The fourth-order valence-corrected chi connectivity index (χ4v) is 4.54. The first-order valence-corrected chi connectivity index (χ1v) is 8.83. The summed E-state index contributed by atoms with van der Waals surface area (Å²) in [5, 5.41) is 6.07. The van der Waals surface area contributed by atoms with Crippen LogP contribution in [0.4, 0.5) is 4.39 Å². The van der Waals surface area contributed by atoms with E-state index in [0.29, 0.717) is 20.0 Å². The van der Waals surface area contributed by atoms with Gasteiger partial charge in [-0.1, -0.05) is 17.7 Å². The number of benzene rings is 1. The zero-order chi connectivity index (χ0) is 15.7. The highest BCUT2D eigenvalue weighted by molar-refractivity contribution is 7.21. The number of halogens is 2. The Labute approximate surface area is 140 Å². The van der Waals surface area contributed by atoms with Crippen LogP contribution in [0.15, 0.2) is 35.7 Å². The molecule has 2 nitrogen and oxygen atoms in total.